The van der Waals surface area contributed by atoms with Gasteiger partial charge in [-0.25, -0.2) is 0 Å². The maximum atomic E-state index is 11.7. The van der Waals surface area contributed by atoms with E-state index in [2.05, 4.69) is 0 Å². The van der Waals surface area contributed by atoms with E-state index in [4.69, 9.17) is 14.2 Å². The van der Waals surface area contributed by atoms with E-state index in [-0.39, 0.29) is 0 Å². The second-order valence-corrected chi connectivity index (χ2v) is 7.50. The third kappa shape index (κ3) is 3.75. The van der Waals surface area contributed by atoms with Crippen LogP contribution < -0.4 is 0 Å². The lowest BCUT2D eigenvalue weighted by Crippen LogP contribution is -2.41. The van der Waals surface area contributed by atoms with Crippen molar-refractivity contribution in [3.63, 3.8) is 0 Å². The molecule has 1 aliphatic rings. The van der Waals surface area contributed by atoms with Crippen molar-refractivity contribution in [1.82, 2.24) is 0 Å². The summed E-state index contributed by atoms with van der Waals surface area (Å²) in [5.41, 5.74) is 1.85. The molecule has 0 aliphatic carbocycles. The highest BCUT2D eigenvalue weighted by atomic mass is 16.8. The predicted octanol–water partition coefficient (Wildman–Crippen LogP) is 4.67. The van der Waals surface area contributed by atoms with Gasteiger partial charge in [-0.1, -0.05) is 91.0 Å². The van der Waals surface area contributed by atoms with E-state index in [9.17, 15) is 4.79 Å². The number of carbonyl (C=O) groups excluding carboxylic acids is 1. The van der Waals surface area contributed by atoms with Crippen LogP contribution >= 0.6 is 0 Å². The first-order valence-corrected chi connectivity index (χ1v) is 9.70. The summed E-state index contributed by atoms with van der Waals surface area (Å²) in [6.07, 6.45) is -0.936. The van der Waals surface area contributed by atoms with Crippen LogP contribution in [0.4, 0.5) is 0 Å². The molecule has 0 unspecified atom stereocenters. The molecule has 2 atom stereocenters. The van der Waals surface area contributed by atoms with Gasteiger partial charge in [-0.2, -0.15) is 0 Å². The number of carbonyl (C=O) groups is 1. The van der Waals surface area contributed by atoms with Gasteiger partial charge in [0.05, 0.1) is 0 Å². The van der Waals surface area contributed by atoms with Crippen LogP contribution in [0.25, 0.3) is 0 Å². The number of aldehydes is 1. The summed E-state index contributed by atoms with van der Waals surface area (Å²) in [5, 5.41) is 0. The third-order valence-corrected chi connectivity index (χ3v) is 5.06. The van der Waals surface area contributed by atoms with Crippen molar-refractivity contribution in [2.45, 2.75) is 37.6 Å². The molecule has 0 amide bonds. The van der Waals surface area contributed by atoms with Crippen LogP contribution in [0.2, 0.25) is 0 Å². The largest absolute Gasteiger partial charge is 0.334 e. The highest BCUT2D eigenvalue weighted by molar-refractivity contribution is 5.57. The molecule has 0 saturated carbocycles. The monoisotopic (exact) mass is 388 g/mol. The van der Waals surface area contributed by atoms with E-state index in [1.54, 1.807) is 13.8 Å². The minimum atomic E-state index is -0.973. The number of hydrogen-bond acceptors (Lipinski definition) is 4. The molecule has 1 saturated heterocycles. The lowest BCUT2D eigenvalue weighted by molar-refractivity contribution is -0.216. The Labute approximate surface area is 171 Å². The quantitative estimate of drug-likeness (QED) is 0.455. The second-order valence-electron chi connectivity index (χ2n) is 7.50. The molecule has 4 nitrogen and oxygen atoms in total. The van der Waals surface area contributed by atoms with Crippen molar-refractivity contribution in [2.24, 2.45) is 0 Å². The standard InChI is InChI=1S/C25H24O4/c1-24(2)27-22(18-26)23(28-24)29-25(19-12-6-3-7-13-19,20-14-8-4-9-15-20)21-16-10-5-11-17-21/h3-18,22-23H,1-2H3/t22-,23-/m1/s1. The molecule has 148 valence electrons. The molecule has 1 heterocycles. The van der Waals surface area contributed by atoms with Crippen molar-refractivity contribution in [1.29, 1.82) is 0 Å². The average molecular weight is 388 g/mol. The first-order chi connectivity index (χ1) is 14.0. The highest BCUT2D eigenvalue weighted by Gasteiger charge is 2.48. The molecule has 3 aromatic rings. The molecule has 0 N–H and O–H groups in total. The van der Waals surface area contributed by atoms with Crippen LogP contribution in [0.15, 0.2) is 91.0 Å². The Morgan fingerprint density at radius 3 is 1.55 bits per heavy atom. The van der Waals surface area contributed by atoms with Crippen LogP contribution in [0.3, 0.4) is 0 Å². The van der Waals surface area contributed by atoms with Crippen LogP contribution in [0.1, 0.15) is 30.5 Å². The fraction of sp³-hybridized carbons (Fsp3) is 0.240. The lowest BCUT2D eigenvalue weighted by Gasteiger charge is -2.38. The van der Waals surface area contributed by atoms with Crippen molar-refractivity contribution in [2.75, 3.05) is 0 Å². The topological polar surface area (TPSA) is 44.8 Å². The predicted molar refractivity (Wildman–Crippen MR) is 110 cm³/mol. The summed E-state index contributed by atoms with van der Waals surface area (Å²) < 4.78 is 18.5. The van der Waals surface area contributed by atoms with Gasteiger partial charge >= 0.3 is 0 Å². The Morgan fingerprint density at radius 1 is 0.759 bits per heavy atom. The zero-order valence-corrected chi connectivity index (χ0v) is 16.5. The zero-order valence-electron chi connectivity index (χ0n) is 16.5. The zero-order chi connectivity index (χ0) is 20.3. The fourth-order valence-electron chi connectivity index (χ4n) is 3.84. The van der Waals surface area contributed by atoms with Gasteiger partial charge in [-0.15, -0.1) is 0 Å². The normalized spacial score (nSPS) is 21.0. The summed E-state index contributed by atoms with van der Waals surface area (Å²) >= 11 is 0. The molecular formula is C25H24O4. The van der Waals surface area contributed by atoms with Crippen molar-refractivity contribution >= 4 is 6.29 Å². The van der Waals surface area contributed by atoms with Crippen LogP contribution in [-0.4, -0.2) is 24.5 Å². The minimum Gasteiger partial charge on any atom is -0.334 e. The molecule has 1 fully saturated rings. The first kappa shape index (κ1) is 19.5. The van der Waals surface area contributed by atoms with Gasteiger partial charge in [0.25, 0.3) is 0 Å². The van der Waals surface area contributed by atoms with Gasteiger partial charge in [0.2, 0.25) is 0 Å². The first-order valence-electron chi connectivity index (χ1n) is 9.70. The van der Waals surface area contributed by atoms with Gasteiger partial charge in [0.1, 0.15) is 5.60 Å². The van der Waals surface area contributed by atoms with E-state index in [1.165, 1.54) is 0 Å². The molecule has 4 rings (SSSR count). The average Bonchev–Trinajstić information content (AvgIpc) is 3.07. The maximum absolute atomic E-state index is 11.7. The molecule has 1 aliphatic heterocycles. The molecule has 0 aromatic heterocycles. The Bertz CT molecular complexity index is 842. The number of hydrogen-bond donors (Lipinski definition) is 0. The Morgan fingerprint density at radius 2 is 1.17 bits per heavy atom. The number of ether oxygens (including phenoxy) is 3. The minimum absolute atomic E-state index is 0.741. The second kappa shape index (κ2) is 7.91. The molecule has 0 bridgehead atoms. The van der Waals surface area contributed by atoms with E-state index >= 15 is 0 Å². The van der Waals surface area contributed by atoms with Gasteiger partial charge in [0.15, 0.2) is 24.5 Å². The lowest BCUT2D eigenvalue weighted by atomic mass is 9.80. The van der Waals surface area contributed by atoms with E-state index in [1.807, 2.05) is 91.0 Å². The van der Waals surface area contributed by atoms with Crippen LogP contribution in [-0.2, 0) is 24.6 Å². The smallest absolute Gasteiger partial charge is 0.195 e. The third-order valence-electron chi connectivity index (χ3n) is 5.06. The van der Waals surface area contributed by atoms with Crippen LogP contribution in [0, 0.1) is 0 Å². The van der Waals surface area contributed by atoms with E-state index in [0.717, 1.165) is 23.0 Å². The van der Waals surface area contributed by atoms with Crippen LogP contribution in [0.5, 0.6) is 0 Å². The fourth-order valence-corrected chi connectivity index (χ4v) is 3.84. The van der Waals surface area contributed by atoms with Crippen molar-refractivity contribution < 1.29 is 19.0 Å². The van der Waals surface area contributed by atoms with E-state index < -0.39 is 23.8 Å². The van der Waals surface area contributed by atoms with E-state index in [0.29, 0.717) is 0 Å². The summed E-state index contributed by atoms with van der Waals surface area (Å²) in [6.45, 7) is 3.56. The van der Waals surface area contributed by atoms with Gasteiger partial charge in [0, 0.05) is 0 Å². The Kier molecular flexibility index (Phi) is 5.33. The van der Waals surface area contributed by atoms with Crippen molar-refractivity contribution in [3.05, 3.63) is 108 Å². The Balaban J connectivity index is 1.92. The summed E-state index contributed by atoms with van der Waals surface area (Å²) in [6, 6.07) is 29.9. The maximum Gasteiger partial charge on any atom is 0.195 e. The summed E-state index contributed by atoms with van der Waals surface area (Å²) in [7, 11) is 0. The molecule has 0 spiro atoms. The molecule has 4 heteroatoms. The Hall–Kier alpha value is -2.79. The van der Waals surface area contributed by atoms with Gasteiger partial charge in [-0.05, 0) is 30.5 Å². The summed E-state index contributed by atoms with van der Waals surface area (Å²) in [4.78, 5) is 11.7. The van der Waals surface area contributed by atoms with Crippen molar-refractivity contribution in [3.8, 4) is 0 Å². The van der Waals surface area contributed by atoms with Gasteiger partial charge < -0.3 is 19.0 Å². The molecular weight excluding hydrogens is 364 g/mol. The number of benzene rings is 3. The molecule has 29 heavy (non-hydrogen) atoms. The molecule has 3 aromatic carbocycles. The number of rotatable bonds is 6. The summed E-state index contributed by atoms with van der Waals surface area (Å²) in [5.74, 6) is -0.911. The molecule has 0 radical (unpaired) electrons. The van der Waals surface area contributed by atoms with Gasteiger partial charge in [-0.3, -0.25) is 0 Å². The highest BCUT2D eigenvalue weighted by Crippen LogP contribution is 2.43. The SMILES string of the molecule is CC1(C)O[C@H](OC(c2ccccc2)(c2ccccc2)c2ccccc2)[C@@H](C=O)O1.